The predicted octanol–water partition coefficient (Wildman–Crippen LogP) is 4.70. The molecule has 0 saturated carbocycles. The molecule has 1 fully saturated rings. The van der Waals surface area contributed by atoms with Gasteiger partial charge in [0.15, 0.2) is 0 Å². The van der Waals surface area contributed by atoms with Gasteiger partial charge < -0.3 is 19.1 Å². The van der Waals surface area contributed by atoms with Crippen LogP contribution < -0.4 is 20.7 Å². The van der Waals surface area contributed by atoms with Gasteiger partial charge in [-0.25, -0.2) is 8.78 Å². The van der Waals surface area contributed by atoms with E-state index in [0.29, 0.717) is 37.3 Å². The Morgan fingerprint density at radius 2 is 1.72 bits per heavy atom. The summed E-state index contributed by atoms with van der Waals surface area (Å²) in [5.41, 5.74) is 0.293. The molecule has 13 heteroatoms. The monoisotopic (exact) mass is 592 g/mol. The number of pyridine rings is 1. The zero-order valence-corrected chi connectivity index (χ0v) is 22.8. The second-order valence-electron chi connectivity index (χ2n) is 10.2. The number of aromatic nitrogens is 3. The zero-order chi connectivity index (χ0) is 30.2. The van der Waals surface area contributed by atoms with Crippen molar-refractivity contribution in [2.45, 2.75) is 13.0 Å². The molecule has 3 aromatic carbocycles. The summed E-state index contributed by atoms with van der Waals surface area (Å²) in [6.07, 6.45) is 0.162. The van der Waals surface area contributed by atoms with E-state index in [4.69, 9.17) is 4.42 Å². The van der Waals surface area contributed by atoms with Crippen LogP contribution in [0.1, 0.15) is 17.9 Å². The first kappa shape index (κ1) is 28.2. The highest BCUT2D eigenvalue weighted by Gasteiger charge is 2.33. The van der Waals surface area contributed by atoms with Crippen molar-refractivity contribution in [3.8, 4) is 22.6 Å². The summed E-state index contributed by atoms with van der Waals surface area (Å²) < 4.78 is 61.3. The van der Waals surface area contributed by atoms with E-state index in [-0.39, 0.29) is 40.6 Å². The maximum atomic E-state index is 15.5. The number of hydrogen-bond donors (Lipinski definition) is 0. The van der Waals surface area contributed by atoms with Crippen LogP contribution in [0.4, 0.5) is 34.6 Å². The van der Waals surface area contributed by atoms with Gasteiger partial charge in [-0.05, 0) is 49.0 Å². The first-order chi connectivity index (χ1) is 20.7. The first-order valence-corrected chi connectivity index (χ1v) is 13.4. The molecule has 9 nitrogen and oxygen atoms in total. The summed E-state index contributed by atoms with van der Waals surface area (Å²) in [5, 5.41) is 6.82. The summed E-state index contributed by atoms with van der Waals surface area (Å²) in [4.78, 5) is 35.5. The van der Waals surface area contributed by atoms with E-state index in [1.165, 1.54) is 29.2 Å². The molecule has 0 N–H and O–H groups in total. The predicted molar refractivity (Wildman–Crippen MR) is 151 cm³/mol. The van der Waals surface area contributed by atoms with E-state index in [0.717, 1.165) is 6.07 Å². The number of benzene rings is 2. The smallest absolute Gasteiger partial charge is 0.314 e. The maximum Gasteiger partial charge on any atom is 0.314 e. The number of likely N-dealkylation sites (N-methyl/N-ethyl adjacent to an activating group) is 1. The Hall–Kier alpha value is -4.91. The Morgan fingerprint density at radius 1 is 0.930 bits per heavy atom. The quantitative estimate of drug-likeness (QED) is 0.188. The SMILES string of the molecule is CN1CCN(c2c(N(Cc3ccc(-c4nnc(C(F)F)o4)cc3F)c3cc(F)cc(-c4cccnc4)c3)c(=O)c2=O)CC1. The lowest BCUT2D eigenvalue weighted by Gasteiger charge is -2.37. The summed E-state index contributed by atoms with van der Waals surface area (Å²) >= 11 is 0. The summed E-state index contributed by atoms with van der Waals surface area (Å²) in [6.45, 7) is 2.09. The third-order valence-electron chi connectivity index (χ3n) is 7.39. The molecule has 2 aromatic heterocycles. The topological polar surface area (TPSA) is 95.7 Å². The van der Waals surface area contributed by atoms with Gasteiger partial charge in [0.25, 0.3) is 16.7 Å². The van der Waals surface area contributed by atoms with Gasteiger partial charge in [0.2, 0.25) is 5.89 Å². The third-order valence-corrected chi connectivity index (χ3v) is 7.39. The second-order valence-corrected chi connectivity index (χ2v) is 10.2. The van der Waals surface area contributed by atoms with Crippen LogP contribution in [0.3, 0.4) is 0 Å². The van der Waals surface area contributed by atoms with Crippen molar-refractivity contribution in [3.63, 3.8) is 0 Å². The molecule has 43 heavy (non-hydrogen) atoms. The molecule has 0 unspecified atom stereocenters. The molecular weight excluding hydrogens is 568 g/mol. The Kier molecular flexibility index (Phi) is 7.48. The molecule has 5 aromatic rings. The average molecular weight is 593 g/mol. The van der Waals surface area contributed by atoms with Gasteiger partial charge in [-0.3, -0.25) is 14.6 Å². The van der Waals surface area contributed by atoms with Crippen LogP contribution in [0, 0.1) is 11.6 Å². The average Bonchev–Trinajstić information content (AvgIpc) is 3.51. The van der Waals surface area contributed by atoms with Gasteiger partial charge >= 0.3 is 6.43 Å². The van der Waals surface area contributed by atoms with Crippen molar-refractivity contribution in [2.75, 3.05) is 43.0 Å². The van der Waals surface area contributed by atoms with E-state index in [1.54, 1.807) is 30.6 Å². The normalized spacial score (nSPS) is 14.1. The molecule has 0 amide bonds. The number of hydrogen-bond acceptors (Lipinski definition) is 9. The van der Waals surface area contributed by atoms with Gasteiger partial charge in [-0.15, -0.1) is 10.2 Å². The minimum absolute atomic E-state index is 0.0410. The van der Waals surface area contributed by atoms with Gasteiger partial charge in [0, 0.05) is 61.0 Å². The van der Waals surface area contributed by atoms with Crippen molar-refractivity contribution in [1.82, 2.24) is 20.1 Å². The van der Waals surface area contributed by atoms with Crippen molar-refractivity contribution >= 4 is 17.1 Å². The highest BCUT2D eigenvalue weighted by molar-refractivity contribution is 5.83. The van der Waals surface area contributed by atoms with Crippen molar-refractivity contribution in [3.05, 3.63) is 104 Å². The number of rotatable bonds is 8. The van der Waals surface area contributed by atoms with E-state index < -0.39 is 34.8 Å². The van der Waals surface area contributed by atoms with Gasteiger partial charge in [-0.2, -0.15) is 8.78 Å². The molecule has 0 spiro atoms. The zero-order valence-electron chi connectivity index (χ0n) is 22.8. The van der Waals surface area contributed by atoms with Crippen LogP contribution in [0.25, 0.3) is 22.6 Å². The van der Waals surface area contributed by atoms with E-state index in [1.807, 2.05) is 11.9 Å². The van der Waals surface area contributed by atoms with Crippen molar-refractivity contribution in [2.24, 2.45) is 0 Å². The second kappa shape index (κ2) is 11.4. The minimum atomic E-state index is -2.98. The van der Waals surface area contributed by atoms with Crippen LogP contribution >= 0.6 is 0 Å². The maximum absolute atomic E-state index is 15.5. The number of alkyl halides is 2. The van der Waals surface area contributed by atoms with Crippen molar-refractivity contribution < 1.29 is 22.0 Å². The van der Waals surface area contributed by atoms with Gasteiger partial charge in [0.1, 0.15) is 23.0 Å². The Bertz CT molecular complexity index is 1850. The van der Waals surface area contributed by atoms with Crippen LogP contribution in [0.15, 0.2) is 74.9 Å². The molecule has 0 aliphatic carbocycles. The molecule has 6 rings (SSSR count). The van der Waals surface area contributed by atoms with Crippen LogP contribution in [0.5, 0.6) is 0 Å². The van der Waals surface area contributed by atoms with E-state index in [2.05, 4.69) is 20.1 Å². The number of anilines is 3. The number of piperazine rings is 1. The first-order valence-electron chi connectivity index (χ1n) is 13.4. The summed E-state index contributed by atoms with van der Waals surface area (Å²) in [7, 11) is 1.95. The Morgan fingerprint density at radius 3 is 2.40 bits per heavy atom. The molecule has 220 valence electrons. The minimum Gasteiger partial charge on any atom is -0.415 e. The van der Waals surface area contributed by atoms with Crippen LogP contribution in [0.2, 0.25) is 0 Å². The van der Waals surface area contributed by atoms with E-state index in [9.17, 15) is 18.4 Å². The Labute approximate surface area is 242 Å². The fourth-order valence-corrected chi connectivity index (χ4v) is 5.09. The summed E-state index contributed by atoms with van der Waals surface area (Å²) in [5.74, 6) is -2.55. The van der Waals surface area contributed by atoms with E-state index >= 15 is 8.78 Å². The van der Waals surface area contributed by atoms with Crippen LogP contribution in [-0.4, -0.2) is 53.3 Å². The number of halogens is 4. The molecule has 0 bridgehead atoms. The van der Waals surface area contributed by atoms with Gasteiger partial charge in [0.05, 0.1) is 6.54 Å². The molecule has 0 radical (unpaired) electrons. The molecular formula is C30H24F4N6O3. The largest absolute Gasteiger partial charge is 0.415 e. The fraction of sp³-hybridized carbons (Fsp3) is 0.233. The highest BCUT2D eigenvalue weighted by Crippen LogP contribution is 2.36. The lowest BCUT2D eigenvalue weighted by atomic mass is 10.0. The third kappa shape index (κ3) is 5.50. The molecule has 1 aliphatic rings. The van der Waals surface area contributed by atoms with Crippen molar-refractivity contribution in [1.29, 1.82) is 0 Å². The molecule has 1 aliphatic heterocycles. The standard InChI is InChI=1S/C30H24F4N6O3/c1-38-7-9-39(10-8-38)24-25(27(42)26(24)41)40(22-12-20(11-21(31)14-22)18-3-2-6-35-15-18)16-19-5-4-17(13-23(19)32)29-36-37-30(43-29)28(33)34/h2-6,11-15,28H,7-10,16H2,1H3. The number of nitrogens with zero attached hydrogens (tertiary/aromatic N) is 6. The molecule has 1 saturated heterocycles. The van der Waals surface area contributed by atoms with Gasteiger partial charge in [-0.1, -0.05) is 12.1 Å². The molecule has 0 atom stereocenters. The lowest BCUT2D eigenvalue weighted by Crippen LogP contribution is -2.51. The lowest BCUT2D eigenvalue weighted by molar-refractivity contribution is 0.116. The highest BCUT2D eigenvalue weighted by atomic mass is 19.3. The molecule has 3 heterocycles. The fourth-order valence-electron chi connectivity index (χ4n) is 5.09. The summed E-state index contributed by atoms with van der Waals surface area (Å²) in [6, 6.07) is 11.5. The Balaban J connectivity index is 1.43. The van der Waals surface area contributed by atoms with Crippen LogP contribution in [-0.2, 0) is 6.54 Å².